The molecule has 1 saturated heterocycles. The lowest BCUT2D eigenvalue weighted by Gasteiger charge is -2.28. The number of rotatable bonds is 5. The van der Waals surface area contributed by atoms with Crippen molar-refractivity contribution in [3.8, 4) is 5.75 Å². The molecule has 2 rings (SSSR count). The summed E-state index contributed by atoms with van der Waals surface area (Å²) < 4.78 is 5.13. The van der Waals surface area contributed by atoms with Gasteiger partial charge in [-0.25, -0.2) is 0 Å². The Morgan fingerprint density at radius 3 is 2.74 bits per heavy atom. The first-order valence-electron chi connectivity index (χ1n) is 6.81. The quantitative estimate of drug-likeness (QED) is 0.855. The topological polar surface area (TPSA) is 58.6 Å². The van der Waals surface area contributed by atoms with Gasteiger partial charge in [-0.1, -0.05) is 12.1 Å². The Bertz CT molecular complexity index is 416. The van der Waals surface area contributed by atoms with Crippen LogP contribution < -0.4 is 10.1 Å². The van der Waals surface area contributed by atoms with Crippen molar-refractivity contribution in [1.82, 2.24) is 5.32 Å². The van der Waals surface area contributed by atoms with Crippen LogP contribution in [0.2, 0.25) is 0 Å². The van der Waals surface area contributed by atoms with Gasteiger partial charge in [-0.3, -0.25) is 4.79 Å². The first-order valence-corrected chi connectivity index (χ1v) is 6.81. The second-order valence-electron chi connectivity index (χ2n) is 5.07. The molecule has 2 unspecified atom stereocenters. The van der Waals surface area contributed by atoms with E-state index < -0.39 is 5.97 Å². The smallest absolute Gasteiger partial charge is 0.320 e. The number of methoxy groups -OCH3 is 1. The van der Waals surface area contributed by atoms with Crippen LogP contribution in [0.5, 0.6) is 5.75 Å². The maximum Gasteiger partial charge on any atom is 0.320 e. The molecule has 0 aliphatic carbocycles. The second kappa shape index (κ2) is 6.57. The fourth-order valence-corrected chi connectivity index (χ4v) is 2.58. The molecule has 4 nitrogen and oxygen atoms in total. The molecule has 1 aromatic carbocycles. The largest absolute Gasteiger partial charge is 0.497 e. The normalized spacial score (nSPS) is 23.0. The van der Waals surface area contributed by atoms with E-state index in [1.54, 1.807) is 7.11 Å². The summed E-state index contributed by atoms with van der Waals surface area (Å²) in [6.07, 6.45) is 4.76. The van der Waals surface area contributed by atoms with E-state index in [1.165, 1.54) is 5.56 Å². The van der Waals surface area contributed by atoms with Crippen molar-refractivity contribution in [3.05, 3.63) is 29.8 Å². The van der Waals surface area contributed by atoms with Gasteiger partial charge in [0.2, 0.25) is 0 Å². The molecule has 0 bridgehead atoms. The molecule has 2 atom stereocenters. The molecule has 1 aromatic rings. The summed E-state index contributed by atoms with van der Waals surface area (Å²) in [4.78, 5) is 11.0. The van der Waals surface area contributed by atoms with Crippen LogP contribution in [0.15, 0.2) is 24.3 Å². The van der Waals surface area contributed by atoms with Gasteiger partial charge in [-0.05, 0) is 49.8 Å². The van der Waals surface area contributed by atoms with E-state index in [0.717, 1.165) is 37.9 Å². The molecule has 1 aliphatic rings. The molecular weight excluding hydrogens is 242 g/mol. The summed E-state index contributed by atoms with van der Waals surface area (Å²) in [5.41, 5.74) is 1.26. The number of carboxylic acid groups (broad SMARTS) is 1. The predicted octanol–water partition coefficient (Wildman–Crippen LogP) is 2.22. The van der Waals surface area contributed by atoms with Gasteiger partial charge in [0.05, 0.1) is 7.11 Å². The van der Waals surface area contributed by atoms with Crippen LogP contribution in [0.1, 0.15) is 31.2 Å². The lowest BCUT2D eigenvalue weighted by atomic mass is 9.94. The SMILES string of the molecule is COc1ccc(CCC2CCCC(C(=O)O)N2)cc1. The van der Waals surface area contributed by atoms with Crippen molar-refractivity contribution >= 4 is 5.97 Å². The summed E-state index contributed by atoms with van der Waals surface area (Å²) in [7, 11) is 1.66. The van der Waals surface area contributed by atoms with Gasteiger partial charge in [0.1, 0.15) is 11.8 Å². The van der Waals surface area contributed by atoms with Crippen molar-refractivity contribution < 1.29 is 14.6 Å². The van der Waals surface area contributed by atoms with Crippen molar-refractivity contribution in [2.45, 2.75) is 44.2 Å². The van der Waals surface area contributed by atoms with E-state index in [9.17, 15) is 4.79 Å². The number of hydrogen-bond acceptors (Lipinski definition) is 3. The minimum atomic E-state index is -0.728. The van der Waals surface area contributed by atoms with Crippen LogP contribution in [-0.2, 0) is 11.2 Å². The zero-order valence-electron chi connectivity index (χ0n) is 11.3. The summed E-state index contributed by atoms with van der Waals surface area (Å²) in [6, 6.07) is 8.01. The van der Waals surface area contributed by atoms with E-state index in [0.29, 0.717) is 6.04 Å². The molecule has 1 aliphatic heterocycles. The number of benzene rings is 1. The van der Waals surface area contributed by atoms with Crippen LogP contribution in [0.25, 0.3) is 0 Å². The minimum absolute atomic E-state index is 0.317. The molecule has 0 aromatic heterocycles. The van der Waals surface area contributed by atoms with Gasteiger partial charge in [-0.15, -0.1) is 0 Å². The van der Waals surface area contributed by atoms with Crippen molar-refractivity contribution in [2.24, 2.45) is 0 Å². The summed E-state index contributed by atoms with van der Waals surface area (Å²) in [5.74, 6) is 0.139. The maximum atomic E-state index is 11.0. The van der Waals surface area contributed by atoms with Gasteiger partial charge in [0, 0.05) is 6.04 Å². The number of piperidine rings is 1. The Kier molecular flexibility index (Phi) is 4.80. The van der Waals surface area contributed by atoms with Crippen LogP contribution in [-0.4, -0.2) is 30.3 Å². The number of nitrogens with one attached hydrogen (secondary N) is 1. The van der Waals surface area contributed by atoms with Gasteiger partial charge >= 0.3 is 5.97 Å². The highest BCUT2D eigenvalue weighted by atomic mass is 16.5. The summed E-state index contributed by atoms with van der Waals surface area (Å²) in [5, 5.41) is 12.2. The molecule has 0 spiro atoms. The van der Waals surface area contributed by atoms with Crippen molar-refractivity contribution in [1.29, 1.82) is 0 Å². The van der Waals surface area contributed by atoms with E-state index in [4.69, 9.17) is 9.84 Å². The second-order valence-corrected chi connectivity index (χ2v) is 5.07. The Labute approximate surface area is 113 Å². The van der Waals surface area contributed by atoms with Crippen molar-refractivity contribution in [3.63, 3.8) is 0 Å². The van der Waals surface area contributed by atoms with Crippen LogP contribution >= 0.6 is 0 Å². The summed E-state index contributed by atoms with van der Waals surface area (Å²) in [6.45, 7) is 0. The number of hydrogen-bond donors (Lipinski definition) is 2. The van der Waals surface area contributed by atoms with Gasteiger partial charge in [0.15, 0.2) is 0 Å². The molecule has 1 heterocycles. The molecule has 0 saturated carbocycles. The molecule has 0 amide bonds. The Morgan fingerprint density at radius 2 is 2.11 bits per heavy atom. The molecule has 2 N–H and O–H groups in total. The zero-order valence-corrected chi connectivity index (χ0v) is 11.3. The number of aryl methyl sites for hydroxylation is 1. The van der Waals surface area contributed by atoms with Crippen molar-refractivity contribution in [2.75, 3.05) is 7.11 Å². The fourth-order valence-electron chi connectivity index (χ4n) is 2.58. The van der Waals surface area contributed by atoms with E-state index in [1.807, 2.05) is 12.1 Å². The Balaban J connectivity index is 1.82. The predicted molar refractivity (Wildman–Crippen MR) is 73.5 cm³/mol. The Hall–Kier alpha value is -1.55. The zero-order chi connectivity index (χ0) is 13.7. The third-order valence-corrected chi connectivity index (χ3v) is 3.72. The Morgan fingerprint density at radius 1 is 1.37 bits per heavy atom. The minimum Gasteiger partial charge on any atom is -0.497 e. The molecular formula is C15H21NO3. The highest BCUT2D eigenvalue weighted by molar-refractivity contribution is 5.73. The van der Waals surface area contributed by atoms with Gasteiger partial charge < -0.3 is 15.2 Å². The highest BCUT2D eigenvalue weighted by Crippen LogP contribution is 2.18. The number of ether oxygens (including phenoxy) is 1. The fraction of sp³-hybridized carbons (Fsp3) is 0.533. The number of carboxylic acids is 1. The van der Waals surface area contributed by atoms with Crippen LogP contribution in [0.3, 0.4) is 0 Å². The third-order valence-electron chi connectivity index (χ3n) is 3.72. The first-order chi connectivity index (χ1) is 9.19. The number of carbonyl (C=O) groups is 1. The van der Waals surface area contributed by atoms with Gasteiger partial charge in [-0.2, -0.15) is 0 Å². The highest BCUT2D eigenvalue weighted by Gasteiger charge is 2.25. The molecule has 19 heavy (non-hydrogen) atoms. The average Bonchev–Trinajstić information content (AvgIpc) is 2.46. The summed E-state index contributed by atoms with van der Waals surface area (Å²) >= 11 is 0. The van der Waals surface area contributed by atoms with E-state index >= 15 is 0 Å². The third kappa shape index (κ3) is 3.96. The first kappa shape index (κ1) is 13.9. The molecule has 0 radical (unpaired) electrons. The van der Waals surface area contributed by atoms with E-state index in [2.05, 4.69) is 17.4 Å². The lowest BCUT2D eigenvalue weighted by Crippen LogP contribution is -2.46. The van der Waals surface area contributed by atoms with Crippen LogP contribution in [0, 0.1) is 0 Å². The lowest BCUT2D eigenvalue weighted by molar-refractivity contribution is -0.140. The van der Waals surface area contributed by atoms with Crippen LogP contribution in [0.4, 0.5) is 0 Å². The monoisotopic (exact) mass is 263 g/mol. The maximum absolute atomic E-state index is 11.0. The van der Waals surface area contributed by atoms with E-state index in [-0.39, 0.29) is 6.04 Å². The molecule has 4 heteroatoms. The van der Waals surface area contributed by atoms with Gasteiger partial charge in [0.25, 0.3) is 0 Å². The standard InChI is InChI=1S/C15H21NO3/c1-19-13-9-6-11(7-10-13)5-8-12-3-2-4-14(16-12)15(17)18/h6-7,9-10,12,14,16H,2-5,8H2,1H3,(H,17,18). The average molecular weight is 263 g/mol. The molecule has 104 valence electrons. The number of aliphatic carboxylic acids is 1. The molecule has 1 fully saturated rings.